The van der Waals surface area contributed by atoms with Crippen molar-refractivity contribution < 1.29 is 19.3 Å². The molecule has 24 heavy (non-hydrogen) atoms. The minimum absolute atomic E-state index is 0.0701. The molecule has 0 radical (unpaired) electrons. The number of hydrogen-bond acceptors (Lipinski definition) is 2. The van der Waals surface area contributed by atoms with Crippen LogP contribution in [0, 0.1) is 6.92 Å². The largest absolute Gasteiger partial charge is 0.496 e. The van der Waals surface area contributed by atoms with E-state index < -0.39 is 0 Å². The van der Waals surface area contributed by atoms with Crippen LogP contribution in [0.3, 0.4) is 0 Å². The minimum atomic E-state index is 0.0701. The van der Waals surface area contributed by atoms with Gasteiger partial charge in [-0.2, -0.15) is 0 Å². The van der Waals surface area contributed by atoms with E-state index in [1.54, 1.807) is 12.0 Å². The average Bonchev–Trinajstić information content (AvgIpc) is 3.39. The van der Waals surface area contributed by atoms with E-state index in [0.29, 0.717) is 6.04 Å². The first kappa shape index (κ1) is 17.2. The van der Waals surface area contributed by atoms with Crippen LogP contribution in [0.2, 0.25) is 0 Å². The Labute approximate surface area is 145 Å². The maximum absolute atomic E-state index is 12.2. The van der Waals surface area contributed by atoms with Crippen LogP contribution in [0.25, 0.3) is 0 Å². The molecule has 1 aromatic carbocycles. The van der Waals surface area contributed by atoms with E-state index >= 15 is 0 Å². The van der Waals surface area contributed by atoms with Crippen molar-refractivity contribution in [2.24, 2.45) is 0 Å². The number of nitrogens with one attached hydrogen (secondary N) is 3. The fourth-order valence-corrected chi connectivity index (χ4v) is 3.59. The first-order valence-corrected chi connectivity index (χ1v) is 9.19. The van der Waals surface area contributed by atoms with Crippen LogP contribution in [-0.4, -0.2) is 51.3 Å². The topological polar surface area (TPSA) is 47.2 Å². The number of quaternary nitrogens is 2. The van der Waals surface area contributed by atoms with E-state index in [4.69, 9.17) is 4.74 Å². The number of carbonyl (C=O) groups excluding carboxylic acids is 1. The van der Waals surface area contributed by atoms with Gasteiger partial charge in [0.1, 0.15) is 38.5 Å². The van der Waals surface area contributed by atoms with Gasteiger partial charge in [0.25, 0.3) is 5.91 Å². The molecular formula is C19H31N3O2+2. The molecule has 132 valence electrons. The van der Waals surface area contributed by atoms with E-state index in [0.717, 1.165) is 51.3 Å². The van der Waals surface area contributed by atoms with Crippen LogP contribution in [-0.2, 0) is 11.3 Å². The van der Waals surface area contributed by atoms with Gasteiger partial charge >= 0.3 is 0 Å². The van der Waals surface area contributed by atoms with E-state index in [-0.39, 0.29) is 11.9 Å². The fraction of sp³-hybridized carbons (Fsp3) is 0.632. The molecule has 2 fully saturated rings. The van der Waals surface area contributed by atoms with Crippen molar-refractivity contribution in [3.05, 3.63) is 29.3 Å². The summed E-state index contributed by atoms with van der Waals surface area (Å²) in [4.78, 5) is 15.2. The second-order valence-electron chi connectivity index (χ2n) is 7.40. The molecule has 1 atom stereocenters. The number of methoxy groups -OCH3 is 1. The highest BCUT2D eigenvalue weighted by atomic mass is 16.5. The van der Waals surface area contributed by atoms with E-state index in [1.165, 1.54) is 16.0 Å². The first-order chi connectivity index (χ1) is 11.6. The van der Waals surface area contributed by atoms with E-state index in [1.807, 2.05) is 0 Å². The quantitative estimate of drug-likeness (QED) is 0.622. The van der Waals surface area contributed by atoms with Gasteiger partial charge in [-0.25, -0.2) is 0 Å². The SMILES string of the molecule is COc1ccc(C)cc1C[NH+]1CC[NH+]([C@H](C)C(=O)NC2CC2)CC1. The zero-order valence-electron chi connectivity index (χ0n) is 15.2. The molecule has 1 aliphatic carbocycles. The molecule has 1 aromatic rings. The number of piperazine rings is 1. The molecule has 3 N–H and O–H groups in total. The van der Waals surface area contributed by atoms with Crippen molar-refractivity contribution in [1.82, 2.24) is 5.32 Å². The van der Waals surface area contributed by atoms with Crippen molar-refractivity contribution in [2.75, 3.05) is 33.3 Å². The minimum Gasteiger partial charge on any atom is -0.496 e. The summed E-state index contributed by atoms with van der Waals surface area (Å²) in [6.45, 7) is 9.52. The van der Waals surface area contributed by atoms with Gasteiger partial charge in [-0.05, 0) is 38.8 Å². The Morgan fingerprint density at radius 1 is 1.29 bits per heavy atom. The number of carbonyl (C=O) groups is 1. The van der Waals surface area contributed by atoms with Gasteiger partial charge in [0, 0.05) is 11.6 Å². The van der Waals surface area contributed by atoms with Crippen LogP contribution >= 0.6 is 0 Å². The number of amides is 1. The molecule has 0 spiro atoms. The van der Waals surface area contributed by atoms with E-state index in [9.17, 15) is 4.79 Å². The summed E-state index contributed by atoms with van der Waals surface area (Å²) in [6.07, 6.45) is 2.31. The van der Waals surface area contributed by atoms with E-state index in [2.05, 4.69) is 37.4 Å². The van der Waals surface area contributed by atoms with Crippen molar-refractivity contribution in [3.63, 3.8) is 0 Å². The van der Waals surface area contributed by atoms with Gasteiger partial charge in [0.05, 0.1) is 7.11 Å². The number of ether oxygens (including phenoxy) is 1. The molecule has 5 heteroatoms. The third-order valence-corrected chi connectivity index (χ3v) is 5.41. The Kier molecular flexibility index (Phi) is 5.41. The Balaban J connectivity index is 1.51. The summed E-state index contributed by atoms with van der Waals surface area (Å²) < 4.78 is 5.50. The predicted molar refractivity (Wildman–Crippen MR) is 93.5 cm³/mol. The lowest BCUT2D eigenvalue weighted by molar-refractivity contribution is -1.02. The lowest BCUT2D eigenvalue weighted by atomic mass is 10.1. The van der Waals surface area contributed by atoms with Gasteiger partial charge in [0.2, 0.25) is 0 Å². The van der Waals surface area contributed by atoms with Crippen LogP contribution in [0.1, 0.15) is 30.9 Å². The van der Waals surface area contributed by atoms with Crippen molar-refractivity contribution >= 4 is 5.91 Å². The summed E-state index contributed by atoms with van der Waals surface area (Å²) in [6, 6.07) is 6.92. The zero-order valence-corrected chi connectivity index (χ0v) is 15.2. The van der Waals surface area contributed by atoms with Crippen molar-refractivity contribution in [2.45, 2.75) is 45.3 Å². The monoisotopic (exact) mass is 333 g/mol. The van der Waals surface area contributed by atoms with Crippen LogP contribution in [0.15, 0.2) is 18.2 Å². The third-order valence-electron chi connectivity index (χ3n) is 5.41. The molecule has 1 heterocycles. The lowest BCUT2D eigenvalue weighted by Gasteiger charge is -2.32. The van der Waals surface area contributed by atoms with Crippen LogP contribution in [0.4, 0.5) is 0 Å². The Hall–Kier alpha value is -1.59. The van der Waals surface area contributed by atoms with Crippen LogP contribution < -0.4 is 19.9 Å². The second kappa shape index (κ2) is 7.53. The standard InChI is InChI=1S/C19H29N3O2/c1-14-4-7-18(24-3)16(12-14)13-21-8-10-22(11-9-21)15(2)19(23)20-17-5-6-17/h4,7,12,15,17H,5-6,8-11,13H2,1-3H3,(H,20,23)/p+2/t15-/m1/s1. The molecule has 5 nitrogen and oxygen atoms in total. The molecule has 1 saturated heterocycles. The molecule has 3 rings (SSSR count). The molecule has 1 amide bonds. The molecule has 0 unspecified atom stereocenters. The maximum Gasteiger partial charge on any atom is 0.278 e. The Bertz CT molecular complexity index is 578. The number of rotatable bonds is 6. The van der Waals surface area contributed by atoms with Gasteiger partial charge < -0.3 is 19.9 Å². The summed E-state index contributed by atoms with van der Waals surface area (Å²) in [5, 5.41) is 3.14. The first-order valence-electron chi connectivity index (χ1n) is 9.19. The lowest BCUT2D eigenvalue weighted by Crippen LogP contribution is -3.29. The van der Waals surface area contributed by atoms with Gasteiger partial charge in [-0.15, -0.1) is 0 Å². The van der Waals surface area contributed by atoms with Gasteiger partial charge in [0.15, 0.2) is 6.04 Å². The number of hydrogen-bond donors (Lipinski definition) is 3. The highest BCUT2D eigenvalue weighted by Gasteiger charge is 2.33. The molecule has 1 saturated carbocycles. The third kappa shape index (κ3) is 4.28. The molecule has 2 aliphatic rings. The summed E-state index contributed by atoms with van der Waals surface area (Å²) in [5.74, 6) is 1.22. The molecular weight excluding hydrogens is 302 g/mol. The highest BCUT2D eigenvalue weighted by molar-refractivity contribution is 5.80. The number of aryl methyl sites for hydroxylation is 1. The summed E-state index contributed by atoms with van der Waals surface area (Å²) in [7, 11) is 1.74. The maximum atomic E-state index is 12.2. The van der Waals surface area contributed by atoms with Gasteiger partial charge in [-0.1, -0.05) is 11.6 Å². The predicted octanol–water partition coefficient (Wildman–Crippen LogP) is -1.05. The van der Waals surface area contributed by atoms with Gasteiger partial charge in [-0.3, -0.25) is 4.79 Å². The Morgan fingerprint density at radius 2 is 2.00 bits per heavy atom. The fourth-order valence-electron chi connectivity index (χ4n) is 3.59. The summed E-state index contributed by atoms with van der Waals surface area (Å²) >= 11 is 0. The smallest absolute Gasteiger partial charge is 0.278 e. The zero-order chi connectivity index (χ0) is 17.1. The average molecular weight is 333 g/mol. The van der Waals surface area contributed by atoms with Crippen LogP contribution in [0.5, 0.6) is 5.75 Å². The van der Waals surface area contributed by atoms with Crippen molar-refractivity contribution in [1.29, 1.82) is 0 Å². The van der Waals surface area contributed by atoms with Crippen molar-refractivity contribution in [3.8, 4) is 5.75 Å². The number of benzene rings is 1. The molecule has 0 bridgehead atoms. The normalized spacial score (nSPS) is 25.1. The molecule has 0 aromatic heterocycles. The molecule has 1 aliphatic heterocycles. The Morgan fingerprint density at radius 3 is 2.62 bits per heavy atom. The second-order valence-corrected chi connectivity index (χ2v) is 7.40. The summed E-state index contributed by atoms with van der Waals surface area (Å²) in [5.41, 5.74) is 2.57. The highest BCUT2D eigenvalue weighted by Crippen LogP contribution is 2.19.